The van der Waals surface area contributed by atoms with Crippen LogP contribution in [0.2, 0.25) is 5.02 Å². The van der Waals surface area contributed by atoms with E-state index >= 15 is 0 Å². The first-order valence-corrected chi connectivity index (χ1v) is 16.7. The number of piperidine rings is 1. The summed E-state index contributed by atoms with van der Waals surface area (Å²) in [6.07, 6.45) is 2.67. The van der Waals surface area contributed by atoms with Crippen LogP contribution < -0.4 is 15.2 Å². The largest absolute Gasteiger partial charge is 0.493 e. The fourth-order valence-electron chi connectivity index (χ4n) is 6.56. The highest BCUT2D eigenvalue weighted by molar-refractivity contribution is 6.30. The maximum atomic E-state index is 14.6. The molecular weight excluding hydrogens is 591 g/mol. The Balaban J connectivity index is 1.10. The van der Waals surface area contributed by atoms with Crippen LogP contribution in [0.1, 0.15) is 37.8 Å². The number of rotatable bonds is 12. The van der Waals surface area contributed by atoms with Crippen molar-refractivity contribution in [1.82, 2.24) is 14.7 Å². The molecule has 2 aliphatic heterocycles. The molecule has 1 atom stereocenters. The van der Waals surface area contributed by atoms with Gasteiger partial charge in [-0.15, -0.1) is 0 Å². The molecule has 2 fully saturated rings. The summed E-state index contributed by atoms with van der Waals surface area (Å²) in [5.74, 6) is 1.41. The SMILES string of the molecule is CCOc1ccccc1-c1ccc(Cl)cc1CCN1CCC([C@@H](N)C(=O)N2CCN(Cc3c(F)cccc3OCC)CC2)CC1. The summed E-state index contributed by atoms with van der Waals surface area (Å²) in [6, 6.07) is 18.7. The van der Waals surface area contributed by atoms with Gasteiger partial charge in [-0.25, -0.2) is 4.39 Å². The molecule has 0 saturated carbocycles. The van der Waals surface area contributed by atoms with Crippen LogP contribution in [0.5, 0.6) is 11.5 Å². The first-order valence-electron chi connectivity index (χ1n) is 16.3. The standard InChI is InChI=1S/C36H46ClFN4O3/c1-3-44-33-10-6-5-8-30(33)29-13-12-28(37)24-27(29)16-19-40-17-14-26(15-18-40)35(39)36(43)42-22-20-41(21-23-42)25-31-32(38)9-7-11-34(31)45-4-2/h5-13,24,26,35H,3-4,14-23,25,39H2,1-2H3/t35-/m1/s1. The predicted octanol–water partition coefficient (Wildman–Crippen LogP) is 5.87. The van der Waals surface area contributed by atoms with E-state index < -0.39 is 6.04 Å². The highest BCUT2D eigenvalue weighted by Crippen LogP contribution is 2.34. The Morgan fingerprint density at radius 2 is 1.58 bits per heavy atom. The number of ether oxygens (including phenoxy) is 2. The van der Waals surface area contributed by atoms with E-state index in [4.69, 9.17) is 26.8 Å². The van der Waals surface area contributed by atoms with Crippen LogP contribution in [0.15, 0.2) is 60.7 Å². The van der Waals surface area contributed by atoms with Gasteiger partial charge in [-0.2, -0.15) is 0 Å². The van der Waals surface area contributed by atoms with E-state index in [9.17, 15) is 9.18 Å². The Hall–Kier alpha value is -3.17. The third-order valence-electron chi connectivity index (χ3n) is 9.11. The summed E-state index contributed by atoms with van der Waals surface area (Å²) in [4.78, 5) is 19.9. The molecule has 0 unspecified atom stereocenters. The van der Waals surface area contributed by atoms with E-state index in [1.54, 1.807) is 6.07 Å². The summed E-state index contributed by atoms with van der Waals surface area (Å²) in [5, 5.41) is 0.731. The van der Waals surface area contributed by atoms with Gasteiger partial charge >= 0.3 is 0 Å². The van der Waals surface area contributed by atoms with Gasteiger partial charge < -0.3 is 25.0 Å². The van der Waals surface area contributed by atoms with Gasteiger partial charge in [0.1, 0.15) is 17.3 Å². The zero-order valence-corrected chi connectivity index (χ0v) is 27.3. The normalized spacial score (nSPS) is 17.3. The molecule has 45 heavy (non-hydrogen) atoms. The summed E-state index contributed by atoms with van der Waals surface area (Å²) in [6.45, 7) is 10.7. The molecule has 1 amide bonds. The monoisotopic (exact) mass is 636 g/mol. The lowest BCUT2D eigenvalue weighted by atomic mass is 9.88. The predicted molar refractivity (Wildman–Crippen MR) is 178 cm³/mol. The number of piperazine rings is 1. The van der Waals surface area contributed by atoms with Gasteiger partial charge in [0.05, 0.1) is 19.3 Å². The molecule has 9 heteroatoms. The number of hydrogen-bond acceptors (Lipinski definition) is 6. The minimum absolute atomic E-state index is 0.0329. The number of nitrogens with zero attached hydrogens (tertiary/aromatic N) is 3. The number of carbonyl (C=O) groups excluding carboxylic acids is 1. The van der Waals surface area contributed by atoms with E-state index in [-0.39, 0.29) is 17.6 Å². The van der Waals surface area contributed by atoms with Crippen LogP contribution in [0, 0.1) is 11.7 Å². The van der Waals surface area contributed by atoms with Crippen LogP contribution in [0.25, 0.3) is 11.1 Å². The van der Waals surface area contributed by atoms with E-state index in [1.165, 1.54) is 11.6 Å². The van der Waals surface area contributed by atoms with Crippen LogP contribution in [0.3, 0.4) is 0 Å². The third kappa shape index (κ3) is 8.36. The smallest absolute Gasteiger partial charge is 0.239 e. The Kier molecular flexibility index (Phi) is 11.7. The van der Waals surface area contributed by atoms with Gasteiger partial charge in [0.25, 0.3) is 0 Å². The number of nitrogens with two attached hydrogens (primary N) is 1. The molecular formula is C36H46ClFN4O3. The molecule has 0 aromatic heterocycles. The highest BCUT2D eigenvalue weighted by Gasteiger charge is 2.33. The molecule has 0 bridgehead atoms. The fraction of sp³-hybridized carbons (Fsp3) is 0.472. The average Bonchev–Trinajstić information content (AvgIpc) is 3.06. The van der Waals surface area contributed by atoms with Gasteiger partial charge in [-0.05, 0) is 93.6 Å². The maximum Gasteiger partial charge on any atom is 0.239 e. The minimum atomic E-state index is -0.496. The van der Waals surface area contributed by atoms with Gasteiger partial charge in [-0.1, -0.05) is 41.9 Å². The molecule has 5 rings (SSSR count). The van der Waals surface area contributed by atoms with Crippen molar-refractivity contribution in [2.45, 2.75) is 45.7 Å². The van der Waals surface area contributed by atoms with Gasteiger partial charge in [0, 0.05) is 55.4 Å². The highest BCUT2D eigenvalue weighted by atomic mass is 35.5. The summed E-state index contributed by atoms with van der Waals surface area (Å²) < 4.78 is 26.1. The lowest BCUT2D eigenvalue weighted by molar-refractivity contribution is -0.136. The van der Waals surface area contributed by atoms with Crippen LogP contribution >= 0.6 is 11.6 Å². The molecule has 2 N–H and O–H groups in total. The Bertz CT molecular complexity index is 1420. The first kappa shape index (κ1) is 33.2. The summed E-state index contributed by atoms with van der Waals surface area (Å²) in [7, 11) is 0. The number of halogens is 2. The van der Waals surface area contributed by atoms with Gasteiger partial charge in [0.15, 0.2) is 0 Å². The number of benzene rings is 3. The Morgan fingerprint density at radius 1 is 0.889 bits per heavy atom. The maximum absolute atomic E-state index is 14.6. The zero-order chi connectivity index (χ0) is 31.8. The molecule has 3 aromatic carbocycles. The number of likely N-dealkylation sites (tertiary alicyclic amines) is 1. The van der Waals surface area contributed by atoms with Crippen molar-refractivity contribution in [3.8, 4) is 22.6 Å². The third-order valence-corrected chi connectivity index (χ3v) is 9.34. The number of carbonyl (C=O) groups is 1. The van der Waals surface area contributed by atoms with Crippen molar-refractivity contribution in [3.05, 3.63) is 82.6 Å². The molecule has 2 heterocycles. The quantitative estimate of drug-likeness (QED) is 0.268. The lowest BCUT2D eigenvalue weighted by Gasteiger charge is -2.39. The van der Waals surface area contributed by atoms with Crippen molar-refractivity contribution in [2.24, 2.45) is 11.7 Å². The van der Waals surface area contributed by atoms with E-state index in [0.29, 0.717) is 57.3 Å². The second-order valence-corrected chi connectivity index (χ2v) is 12.4. The number of amides is 1. The molecule has 7 nitrogen and oxygen atoms in total. The summed E-state index contributed by atoms with van der Waals surface area (Å²) in [5.41, 5.74) is 10.6. The second-order valence-electron chi connectivity index (χ2n) is 11.9. The van der Waals surface area contributed by atoms with Gasteiger partial charge in [-0.3, -0.25) is 9.69 Å². The average molecular weight is 637 g/mol. The van der Waals surface area contributed by atoms with Crippen LogP contribution in [-0.2, 0) is 17.8 Å². The number of hydrogen-bond donors (Lipinski definition) is 1. The summed E-state index contributed by atoms with van der Waals surface area (Å²) >= 11 is 6.43. The molecule has 2 saturated heterocycles. The topological polar surface area (TPSA) is 71.3 Å². The molecule has 0 spiro atoms. The molecule has 0 radical (unpaired) electrons. The van der Waals surface area contributed by atoms with Crippen LogP contribution in [-0.4, -0.2) is 85.7 Å². The zero-order valence-electron chi connectivity index (χ0n) is 26.5. The Labute approximate surface area is 272 Å². The minimum Gasteiger partial charge on any atom is -0.493 e. The van der Waals surface area contributed by atoms with Crippen molar-refractivity contribution >= 4 is 17.5 Å². The molecule has 0 aliphatic carbocycles. The lowest BCUT2D eigenvalue weighted by Crippen LogP contribution is -2.55. The van der Waals surface area contributed by atoms with E-state index in [1.807, 2.05) is 49.1 Å². The van der Waals surface area contributed by atoms with E-state index in [0.717, 1.165) is 60.8 Å². The number of para-hydroxylation sites is 1. The second kappa shape index (κ2) is 15.9. The Morgan fingerprint density at radius 3 is 2.31 bits per heavy atom. The van der Waals surface area contributed by atoms with Crippen molar-refractivity contribution in [1.29, 1.82) is 0 Å². The van der Waals surface area contributed by atoms with Crippen molar-refractivity contribution in [3.63, 3.8) is 0 Å². The van der Waals surface area contributed by atoms with Gasteiger partial charge in [0.2, 0.25) is 5.91 Å². The van der Waals surface area contributed by atoms with Crippen LogP contribution in [0.4, 0.5) is 4.39 Å². The molecule has 242 valence electrons. The van der Waals surface area contributed by atoms with Crippen molar-refractivity contribution in [2.75, 3.05) is 59.0 Å². The van der Waals surface area contributed by atoms with E-state index in [2.05, 4.69) is 28.0 Å². The fourth-order valence-corrected chi connectivity index (χ4v) is 6.76. The first-order chi connectivity index (χ1) is 21.9. The van der Waals surface area contributed by atoms with Crippen molar-refractivity contribution < 1.29 is 18.7 Å². The molecule has 3 aromatic rings. The molecule has 2 aliphatic rings.